The third kappa shape index (κ3) is 4.25. The SMILES string of the molecule is CCN(CC)S(=O)(=O)c1cc(NS(=O)(=O)c2ccc(C)cc2)ccc1C. The summed E-state index contributed by atoms with van der Waals surface area (Å²) in [6.07, 6.45) is 0. The summed E-state index contributed by atoms with van der Waals surface area (Å²) in [5.74, 6) is 0. The largest absolute Gasteiger partial charge is 0.280 e. The molecule has 2 rings (SSSR count). The molecule has 142 valence electrons. The molecule has 0 aliphatic rings. The predicted molar refractivity (Wildman–Crippen MR) is 103 cm³/mol. The first-order valence-electron chi connectivity index (χ1n) is 8.32. The molecule has 0 aliphatic carbocycles. The van der Waals surface area contributed by atoms with Gasteiger partial charge in [0.15, 0.2) is 0 Å². The normalized spacial score (nSPS) is 12.3. The van der Waals surface area contributed by atoms with Crippen LogP contribution in [0.2, 0.25) is 0 Å². The molecule has 6 nitrogen and oxygen atoms in total. The number of sulfonamides is 2. The molecule has 2 aromatic carbocycles. The Bertz CT molecular complexity index is 978. The minimum absolute atomic E-state index is 0.102. The minimum Gasteiger partial charge on any atom is -0.280 e. The molecule has 0 bridgehead atoms. The topological polar surface area (TPSA) is 83.6 Å². The molecule has 0 heterocycles. The molecule has 0 aliphatic heterocycles. The van der Waals surface area contributed by atoms with Crippen LogP contribution in [0.25, 0.3) is 0 Å². The molecule has 0 atom stereocenters. The van der Waals surface area contributed by atoms with Crippen molar-refractivity contribution in [2.75, 3.05) is 17.8 Å². The van der Waals surface area contributed by atoms with Gasteiger partial charge in [-0.2, -0.15) is 4.31 Å². The molecule has 1 N–H and O–H groups in total. The molecule has 0 radical (unpaired) electrons. The van der Waals surface area contributed by atoms with Crippen molar-refractivity contribution in [1.82, 2.24) is 4.31 Å². The van der Waals surface area contributed by atoms with Crippen LogP contribution in [-0.2, 0) is 20.0 Å². The Balaban J connectivity index is 2.42. The van der Waals surface area contributed by atoms with Gasteiger partial charge in [-0.15, -0.1) is 0 Å². The molecular weight excluding hydrogens is 372 g/mol. The lowest BCUT2D eigenvalue weighted by Crippen LogP contribution is -2.31. The first-order valence-corrected chi connectivity index (χ1v) is 11.2. The lowest BCUT2D eigenvalue weighted by Gasteiger charge is -2.20. The fourth-order valence-corrected chi connectivity index (χ4v) is 5.33. The number of nitrogens with one attached hydrogen (secondary N) is 1. The summed E-state index contributed by atoms with van der Waals surface area (Å²) in [6.45, 7) is 7.78. The van der Waals surface area contributed by atoms with Crippen molar-refractivity contribution in [2.24, 2.45) is 0 Å². The number of rotatable bonds is 7. The lowest BCUT2D eigenvalue weighted by atomic mass is 10.2. The molecule has 0 aromatic heterocycles. The van der Waals surface area contributed by atoms with Gasteiger partial charge in [0.2, 0.25) is 10.0 Å². The fourth-order valence-electron chi connectivity index (χ4n) is 2.58. The van der Waals surface area contributed by atoms with E-state index >= 15 is 0 Å². The van der Waals surface area contributed by atoms with Crippen LogP contribution >= 0.6 is 0 Å². The zero-order chi connectivity index (χ0) is 19.5. The number of anilines is 1. The highest BCUT2D eigenvalue weighted by Gasteiger charge is 2.24. The monoisotopic (exact) mass is 396 g/mol. The van der Waals surface area contributed by atoms with E-state index in [4.69, 9.17) is 0 Å². The Morgan fingerprint density at radius 1 is 0.885 bits per heavy atom. The molecule has 0 saturated heterocycles. The van der Waals surface area contributed by atoms with Gasteiger partial charge in [-0.25, -0.2) is 16.8 Å². The predicted octanol–water partition coefficient (Wildman–Crippen LogP) is 3.13. The van der Waals surface area contributed by atoms with Crippen molar-refractivity contribution in [3.05, 3.63) is 53.6 Å². The van der Waals surface area contributed by atoms with Crippen LogP contribution in [-0.4, -0.2) is 34.2 Å². The molecule has 0 fully saturated rings. The van der Waals surface area contributed by atoms with Crippen LogP contribution in [0.5, 0.6) is 0 Å². The van der Waals surface area contributed by atoms with Crippen LogP contribution in [0.4, 0.5) is 5.69 Å². The van der Waals surface area contributed by atoms with Gasteiger partial charge in [-0.3, -0.25) is 4.72 Å². The van der Waals surface area contributed by atoms with Crippen molar-refractivity contribution >= 4 is 25.7 Å². The number of hydrogen-bond donors (Lipinski definition) is 1. The van der Waals surface area contributed by atoms with Crippen LogP contribution in [0.1, 0.15) is 25.0 Å². The number of nitrogens with zero attached hydrogens (tertiary/aromatic N) is 1. The average Bonchev–Trinajstić information content (AvgIpc) is 2.57. The minimum atomic E-state index is -3.79. The zero-order valence-corrected chi connectivity index (χ0v) is 17.0. The van der Waals surface area contributed by atoms with Crippen LogP contribution in [0.15, 0.2) is 52.3 Å². The summed E-state index contributed by atoms with van der Waals surface area (Å²) in [6, 6.07) is 11.0. The van der Waals surface area contributed by atoms with Crippen molar-refractivity contribution in [1.29, 1.82) is 0 Å². The van der Waals surface area contributed by atoms with E-state index in [0.29, 0.717) is 18.7 Å². The third-order valence-corrected chi connectivity index (χ3v) is 7.68. The maximum atomic E-state index is 12.8. The fraction of sp³-hybridized carbons (Fsp3) is 0.333. The van der Waals surface area contributed by atoms with Crippen molar-refractivity contribution < 1.29 is 16.8 Å². The molecule has 0 amide bonds. The quantitative estimate of drug-likeness (QED) is 0.779. The van der Waals surface area contributed by atoms with Gasteiger partial charge in [-0.05, 0) is 43.7 Å². The van der Waals surface area contributed by atoms with Crippen molar-refractivity contribution in [2.45, 2.75) is 37.5 Å². The summed E-state index contributed by atoms with van der Waals surface area (Å²) >= 11 is 0. The smallest absolute Gasteiger partial charge is 0.261 e. The van der Waals surface area contributed by atoms with Crippen molar-refractivity contribution in [3.8, 4) is 0 Å². The molecule has 0 spiro atoms. The third-order valence-electron chi connectivity index (χ3n) is 4.09. The highest BCUT2D eigenvalue weighted by Crippen LogP contribution is 2.25. The van der Waals surface area contributed by atoms with E-state index in [1.807, 2.05) is 6.92 Å². The molecule has 2 aromatic rings. The highest BCUT2D eigenvalue weighted by molar-refractivity contribution is 7.92. The van der Waals surface area contributed by atoms with E-state index in [2.05, 4.69) is 4.72 Å². The Labute approximate surface area is 156 Å². The van der Waals surface area contributed by atoms with Crippen LogP contribution < -0.4 is 4.72 Å². The molecule has 0 unspecified atom stereocenters. The molecule has 26 heavy (non-hydrogen) atoms. The Morgan fingerprint density at radius 2 is 1.46 bits per heavy atom. The molecular formula is C18H24N2O4S2. The van der Waals surface area contributed by atoms with Gasteiger partial charge in [-0.1, -0.05) is 37.6 Å². The summed E-state index contributed by atoms with van der Waals surface area (Å²) in [4.78, 5) is 0.224. The number of hydrogen-bond acceptors (Lipinski definition) is 4. The van der Waals surface area contributed by atoms with E-state index in [-0.39, 0.29) is 15.5 Å². The van der Waals surface area contributed by atoms with E-state index < -0.39 is 20.0 Å². The first kappa shape index (κ1) is 20.4. The van der Waals surface area contributed by atoms with Crippen molar-refractivity contribution in [3.63, 3.8) is 0 Å². The van der Waals surface area contributed by atoms with E-state index in [1.54, 1.807) is 45.0 Å². The van der Waals surface area contributed by atoms with E-state index in [0.717, 1.165) is 5.56 Å². The maximum Gasteiger partial charge on any atom is 0.261 e. The summed E-state index contributed by atoms with van der Waals surface area (Å²) < 4.78 is 54.4. The second-order valence-electron chi connectivity index (χ2n) is 5.99. The van der Waals surface area contributed by atoms with Gasteiger partial charge in [0.1, 0.15) is 0 Å². The van der Waals surface area contributed by atoms with Gasteiger partial charge >= 0.3 is 0 Å². The Hall–Kier alpha value is -1.90. The zero-order valence-electron chi connectivity index (χ0n) is 15.4. The van der Waals surface area contributed by atoms with E-state index in [1.165, 1.54) is 22.5 Å². The average molecular weight is 397 g/mol. The highest BCUT2D eigenvalue weighted by atomic mass is 32.2. The Kier molecular flexibility index (Phi) is 6.10. The number of aryl methyl sites for hydroxylation is 2. The maximum absolute atomic E-state index is 12.8. The standard InChI is InChI=1S/C18H24N2O4S2/c1-5-20(6-2)26(23,24)18-13-16(10-9-15(18)4)19-25(21,22)17-11-7-14(3)8-12-17/h7-13,19H,5-6H2,1-4H3. The second kappa shape index (κ2) is 7.77. The molecule has 0 saturated carbocycles. The van der Waals surface area contributed by atoms with Gasteiger partial charge in [0.25, 0.3) is 10.0 Å². The van der Waals surface area contributed by atoms with Gasteiger partial charge < -0.3 is 0 Å². The van der Waals surface area contributed by atoms with Crippen LogP contribution in [0.3, 0.4) is 0 Å². The number of benzene rings is 2. The summed E-state index contributed by atoms with van der Waals surface area (Å²) in [5.41, 5.74) is 1.73. The lowest BCUT2D eigenvalue weighted by molar-refractivity contribution is 0.445. The van der Waals surface area contributed by atoms with E-state index in [9.17, 15) is 16.8 Å². The van der Waals surface area contributed by atoms with Crippen LogP contribution in [0, 0.1) is 13.8 Å². The van der Waals surface area contributed by atoms with Gasteiger partial charge in [0, 0.05) is 13.1 Å². The molecule has 8 heteroatoms. The van der Waals surface area contributed by atoms with Gasteiger partial charge in [0.05, 0.1) is 15.5 Å². The Morgan fingerprint density at radius 3 is 2.00 bits per heavy atom. The second-order valence-corrected chi connectivity index (χ2v) is 9.58. The summed E-state index contributed by atoms with van der Waals surface area (Å²) in [5, 5.41) is 0. The first-order chi connectivity index (χ1) is 12.1. The summed E-state index contributed by atoms with van der Waals surface area (Å²) in [7, 11) is -7.48.